The molecule has 2 fully saturated rings. The first-order chi connectivity index (χ1) is 17.6. The fraction of sp³-hybridized carbons (Fsp3) is 0.515. The van der Waals surface area contributed by atoms with Gasteiger partial charge in [-0.15, -0.1) is 0 Å². The van der Waals surface area contributed by atoms with E-state index in [1.165, 1.54) is 63.6 Å². The Bertz CT molecular complexity index is 1090. The molecule has 2 aromatic carbocycles. The van der Waals surface area contributed by atoms with Crippen LogP contribution in [0.4, 0.5) is 0 Å². The summed E-state index contributed by atoms with van der Waals surface area (Å²) in [7, 11) is 0. The van der Waals surface area contributed by atoms with Gasteiger partial charge in [-0.05, 0) is 105 Å². The molecule has 1 heterocycles. The van der Waals surface area contributed by atoms with Gasteiger partial charge in [-0.1, -0.05) is 69.3 Å². The van der Waals surface area contributed by atoms with Crippen molar-refractivity contribution in [2.24, 2.45) is 28.5 Å². The number of rotatable bonds is 6. The first-order valence-corrected chi connectivity index (χ1v) is 14.2. The van der Waals surface area contributed by atoms with E-state index in [0.717, 1.165) is 34.2 Å². The quantitative estimate of drug-likeness (QED) is 0.383. The van der Waals surface area contributed by atoms with Crippen LogP contribution < -0.4 is 17.2 Å². The molecule has 2 aromatic rings. The molecule has 1 saturated heterocycles. The Morgan fingerprint density at radius 2 is 1.49 bits per heavy atom. The van der Waals surface area contributed by atoms with Gasteiger partial charge in [-0.3, -0.25) is 0 Å². The van der Waals surface area contributed by atoms with Crippen LogP contribution in [0.1, 0.15) is 93.9 Å². The maximum absolute atomic E-state index is 6.44. The second-order valence-electron chi connectivity index (χ2n) is 12.7. The van der Waals surface area contributed by atoms with Gasteiger partial charge in [0.05, 0.1) is 0 Å². The van der Waals surface area contributed by atoms with Crippen molar-refractivity contribution in [2.75, 3.05) is 13.1 Å². The Morgan fingerprint density at radius 1 is 0.865 bits per heavy atom. The van der Waals surface area contributed by atoms with Gasteiger partial charge in [-0.25, -0.2) is 0 Å². The number of benzene rings is 2. The summed E-state index contributed by atoms with van der Waals surface area (Å²) in [5.74, 6) is 1.84. The summed E-state index contributed by atoms with van der Waals surface area (Å²) >= 11 is 0. The van der Waals surface area contributed by atoms with Gasteiger partial charge in [0.15, 0.2) is 0 Å². The fourth-order valence-corrected chi connectivity index (χ4v) is 6.58. The van der Waals surface area contributed by atoms with E-state index >= 15 is 0 Å². The zero-order valence-electron chi connectivity index (χ0n) is 23.5. The summed E-state index contributed by atoms with van der Waals surface area (Å²) in [5.41, 5.74) is 25.1. The van der Waals surface area contributed by atoms with E-state index in [1.807, 2.05) is 24.3 Å². The molecule has 2 aliphatic rings. The first kappa shape index (κ1) is 27.3. The van der Waals surface area contributed by atoms with Crippen LogP contribution in [0.2, 0.25) is 0 Å². The van der Waals surface area contributed by atoms with Crippen LogP contribution in [0.25, 0.3) is 11.3 Å². The average molecular weight is 501 g/mol. The number of nitrogens with zero attached hydrogens (tertiary/aromatic N) is 1. The number of likely N-dealkylation sites (tertiary alicyclic amines) is 1. The Labute approximate surface area is 225 Å². The van der Waals surface area contributed by atoms with Crippen molar-refractivity contribution < 1.29 is 0 Å². The van der Waals surface area contributed by atoms with Gasteiger partial charge in [0.25, 0.3) is 0 Å². The van der Waals surface area contributed by atoms with Crippen molar-refractivity contribution in [3.05, 3.63) is 82.7 Å². The topological polar surface area (TPSA) is 81.3 Å². The molecule has 0 spiro atoms. The minimum absolute atomic E-state index is 0.287. The Morgan fingerprint density at radius 3 is 2.05 bits per heavy atom. The highest BCUT2D eigenvalue weighted by molar-refractivity contribution is 5.84. The number of aryl methyl sites for hydroxylation is 1. The molecule has 1 aliphatic heterocycles. The van der Waals surface area contributed by atoms with Crippen LogP contribution in [0.5, 0.6) is 0 Å². The SMILES string of the molecule is Cc1ccccc1/C(N)=C/C(=C(N)N)c1ccc(C2CCN(C3CCC(CC(C)(C)C)CC3)CC2)cc1. The van der Waals surface area contributed by atoms with Crippen molar-refractivity contribution in [2.45, 2.75) is 84.6 Å². The van der Waals surface area contributed by atoms with Gasteiger partial charge >= 0.3 is 0 Å². The molecule has 4 rings (SSSR count). The third-order valence-electron chi connectivity index (χ3n) is 8.52. The Kier molecular flexibility index (Phi) is 8.69. The Hall–Kier alpha value is -2.72. The zero-order chi connectivity index (χ0) is 26.6. The average Bonchev–Trinajstić information content (AvgIpc) is 2.87. The minimum Gasteiger partial charge on any atom is -0.398 e. The molecule has 0 unspecified atom stereocenters. The van der Waals surface area contributed by atoms with Crippen molar-refractivity contribution in [1.29, 1.82) is 0 Å². The van der Waals surface area contributed by atoms with Gasteiger partial charge in [0.2, 0.25) is 0 Å². The number of allylic oxidation sites excluding steroid dienone is 2. The minimum atomic E-state index is 0.287. The van der Waals surface area contributed by atoms with E-state index in [0.29, 0.717) is 17.0 Å². The van der Waals surface area contributed by atoms with Crippen molar-refractivity contribution in [1.82, 2.24) is 4.90 Å². The molecule has 0 aromatic heterocycles. The summed E-state index contributed by atoms with van der Waals surface area (Å²) in [4.78, 5) is 2.79. The second-order valence-corrected chi connectivity index (χ2v) is 12.7. The molecule has 1 saturated carbocycles. The van der Waals surface area contributed by atoms with Gasteiger partial charge in [0, 0.05) is 22.9 Å². The predicted molar refractivity (Wildman–Crippen MR) is 158 cm³/mol. The summed E-state index contributed by atoms with van der Waals surface area (Å²) in [5, 5.41) is 0. The number of nitrogens with two attached hydrogens (primary N) is 3. The van der Waals surface area contributed by atoms with Crippen molar-refractivity contribution >= 4 is 11.3 Å². The summed E-state index contributed by atoms with van der Waals surface area (Å²) in [6.45, 7) is 11.7. The molecule has 1 aliphatic carbocycles. The lowest BCUT2D eigenvalue weighted by molar-refractivity contribution is 0.0977. The largest absolute Gasteiger partial charge is 0.398 e. The normalized spacial score (nSPS) is 22.1. The van der Waals surface area contributed by atoms with Crippen LogP contribution in [0.15, 0.2) is 60.4 Å². The molecule has 0 atom stereocenters. The summed E-state index contributed by atoms with van der Waals surface area (Å²) in [6, 6.07) is 17.7. The summed E-state index contributed by atoms with van der Waals surface area (Å²) in [6.07, 6.45) is 11.3. The van der Waals surface area contributed by atoms with Gasteiger partial charge in [0.1, 0.15) is 5.82 Å². The first-order valence-electron chi connectivity index (χ1n) is 14.2. The molecule has 200 valence electrons. The lowest BCUT2D eigenvalue weighted by Gasteiger charge is -2.41. The smallest absolute Gasteiger partial charge is 0.101 e. The van der Waals surface area contributed by atoms with Crippen molar-refractivity contribution in [3.63, 3.8) is 0 Å². The number of hydrogen-bond acceptors (Lipinski definition) is 4. The standard InChI is InChI=1S/C33H48N4/c1-23-7-5-6-8-29(23)31(34)21-30(32(35)36)27-13-11-25(12-14-27)26-17-19-37(20-18-26)28-15-9-24(10-16-28)22-33(2,3)4/h5-8,11-14,21,24,26,28H,9-10,15-20,22,34-36H2,1-4H3/b31-21-. The lowest BCUT2D eigenvalue weighted by Crippen LogP contribution is -2.43. The van der Waals surface area contributed by atoms with Gasteiger partial charge < -0.3 is 22.1 Å². The van der Waals surface area contributed by atoms with Crippen LogP contribution >= 0.6 is 0 Å². The maximum atomic E-state index is 6.44. The molecular formula is C33H48N4. The molecule has 0 amide bonds. The van der Waals surface area contributed by atoms with E-state index in [2.05, 4.69) is 62.9 Å². The molecule has 4 heteroatoms. The van der Waals surface area contributed by atoms with Crippen LogP contribution in [0, 0.1) is 18.3 Å². The van der Waals surface area contributed by atoms with E-state index < -0.39 is 0 Å². The molecule has 0 bridgehead atoms. The monoisotopic (exact) mass is 500 g/mol. The zero-order valence-corrected chi connectivity index (χ0v) is 23.5. The molecule has 4 nitrogen and oxygen atoms in total. The molecule has 37 heavy (non-hydrogen) atoms. The maximum Gasteiger partial charge on any atom is 0.101 e. The third-order valence-corrected chi connectivity index (χ3v) is 8.52. The highest BCUT2D eigenvalue weighted by atomic mass is 15.2. The van der Waals surface area contributed by atoms with Crippen LogP contribution in [-0.2, 0) is 0 Å². The fourth-order valence-electron chi connectivity index (χ4n) is 6.58. The highest BCUT2D eigenvalue weighted by Gasteiger charge is 2.30. The second kappa shape index (κ2) is 11.8. The van der Waals surface area contributed by atoms with E-state index in [4.69, 9.17) is 17.2 Å². The highest BCUT2D eigenvalue weighted by Crippen LogP contribution is 2.38. The third kappa shape index (κ3) is 7.19. The molecule has 6 N–H and O–H groups in total. The van der Waals surface area contributed by atoms with E-state index in [-0.39, 0.29) is 5.82 Å². The van der Waals surface area contributed by atoms with E-state index in [9.17, 15) is 0 Å². The van der Waals surface area contributed by atoms with Crippen LogP contribution in [0.3, 0.4) is 0 Å². The number of hydrogen-bond donors (Lipinski definition) is 3. The van der Waals surface area contributed by atoms with Gasteiger partial charge in [-0.2, -0.15) is 0 Å². The van der Waals surface area contributed by atoms with E-state index in [1.54, 1.807) is 0 Å². The number of piperidine rings is 1. The predicted octanol–water partition coefficient (Wildman–Crippen LogP) is 6.76. The summed E-state index contributed by atoms with van der Waals surface area (Å²) < 4.78 is 0. The Balaban J connectivity index is 1.35. The molecule has 0 radical (unpaired) electrons. The van der Waals surface area contributed by atoms with Crippen LogP contribution in [-0.4, -0.2) is 24.0 Å². The van der Waals surface area contributed by atoms with Crippen molar-refractivity contribution in [3.8, 4) is 0 Å². The lowest BCUT2D eigenvalue weighted by atomic mass is 9.76. The molecular weight excluding hydrogens is 452 g/mol.